The fourth-order valence-electron chi connectivity index (χ4n) is 3.10. The zero-order valence-electron chi connectivity index (χ0n) is 17.6. The molecule has 0 saturated carbocycles. The Labute approximate surface area is 189 Å². The molecule has 0 aliphatic carbocycles. The number of hydrogen-bond acceptors (Lipinski definition) is 8. The molecule has 0 amide bonds. The average Bonchev–Trinajstić information content (AvgIpc) is 2.73. The van der Waals surface area contributed by atoms with Crippen molar-refractivity contribution in [2.24, 2.45) is 0 Å². The summed E-state index contributed by atoms with van der Waals surface area (Å²) >= 11 is 0. The highest BCUT2D eigenvalue weighted by Crippen LogP contribution is 2.30. The number of rotatable bonds is 11. The van der Waals surface area contributed by atoms with Crippen molar-refractivity contribution >= 4 is 49.2 Å². The van der Waals surface area contributed by atoms with Gasteiger partial charge in [-0.15, -0.1) is 0 Å². The highest BCUT2D eigenvalue weighted by molar-refractivity contribution is 7.92. The number of benzene rings is 2. The van der Waals surface area contributed by atoms with Crippen molar-refractivity contribution in [1.82, 2.24) is 9.97 Å². The first-order valence-corrected chi connectivity index (χ1v) is 13.4. The number of hydrogen-bond donors (Lipinski definition) is 4. The normalized spacial score (nSPS) is 12.6. The highest BCUT2D eigenvalue weighted by atomic mass is 32.2. The van der Waals surface area contributed by atoms with Gasteiger partial charge in [0.05, 0.1) is 16.8 Å². The number of phenolic OH excluding ortho intramolecular Hbond substituents is 1. The van der Waals surface area contributed by atoms with Crippen LogP contribution in [0.5, 0.6) is 5.75 Å². The summed E-state index contributed by atoms with van der Waals surface area (Å²) in [6.07, 6.45) is 2.86. The van der Waals surface area contributed by atoms with Gasteiger partial charge in [-0.25, -0.2) is 18.4 Å². The summed E-state index contributed by atoms with van der Waals surface area (Å²) in [5.41, 5.74) is 2.44. The third-order valence-corrected chi connectivity index (χ3v) is 6.81. The molecule has 1 atom stereocenters. The van der Waals surface area contributed by atoms with E-state index in [1.807, 2.05) is 0 Å². The first kappa shape index (κ1) is 23.9. The lowest BCUT2D eigenvalue weighted by molar-refractivity contribution is 0.288. The third-order valence-electron chi connectivity index (χ3n) is 4.62. The molecule has 4 N–H and O–H groups in total. The standard InChI is InChI=1S/C21H26N4O5S2/c1-31(28)12-5-13-32(29,30)25-21-20(22-17-7-2-3-8-18(17)23-21)24-19-14-16(27)10-9-15(19)6-4-11-26/h2-3,7-10,14,26-27H,4-6,11-13H2,1H3,(H,22,24)(H,23,25). The van der Waals surface area contributed by atoms with Crippen LogP contribution in [0, 0.1) is 0 Å². The highest BCUT2D eigenvalue weighted by Gasteiger charge is 2.18. The van der Waals surface area contributed by atoms with Gasteiger partial charge in [-0.1, -0.05) is 18.2 Å². The molecule has 0 aliphatic heterocycles. The molecule has 1 heterocycles. The van der Waals surface area contributed by atoms with E-state index in [4.69, 9.17) is 0 Å². The summed E-state index contributed by atoms with van der Waals surface area (Å²) in [4.78, 5) is 8.97. The van der Waals surface area contributed by atoms with E-state index in [0.29, 0.717) is 29.6 Å². The Morgan fingerprint density at radius 3 is 2.38 bits per heavy atom. The van der Waals surface area contributed by atoms with Gasteiger partial charge < -0.3 is 15.5 Å². The second-order valence-corrected chi connectivity index (χ2v) is 10.7. The van der Waals surface area contributed by atoms with E-state index < -0.39 is 20.8 Å². The van der Waals surface area contributed by atoms with Crippen LogP contribution in [0.25, 0.3) is 11.0 Å². The van der Waals surface area contributed by atoms with Crippen LogP contribution >= 0.6 is 0 Å². The zero-order chi connectivity index (χ0) is 23.1. The Hall–Kier alpha value is -2.76. The number of fused-ring (bicyclic) bond motifs is 1. The fraction of sp³-hybridized carbons (Fsp3) is 0.333. The van der Waals surface area contributed by atoms with Gasteiger partial charge in [0.2, 0.25) is 10.0 Å². The van der Waals surface area contributed by atoms with Crippen molar-refractivity contribution < 1.29 is 22.8 Å². The van der Waals surface area contributed by atoms with E-state index >= 15 is 0 Å². The van der Waals surface area contributed by atoms with E-state index in [9.17, 15) is 22.8 Å². The fourth-order valence-corrected chi connectivity index (χ4v) is 4.90. The number of sulfonamides is 1. The molecule has 172 valence electrons. The third kappa shape index (κ3) is 6.62. The summed E-state index contributed by atoms with van der Waals surface area (Å²) in [7, 11) is -4.83. The number of para-hydroxylation sites is 2. The number of nitrogens with one attached hydrogen (secondary N) is 2. The monoisotopic (exact) mass is 478 g/mol. The lowest BCUT2D eigenvalue weighted by Crippen LogP contribution is -2.20. The quantitative estimate of drug-likeness (QED) is 0.329. The van der Waals surface area contributed by atoms with Crippen molar-refractivity contribution in [1.29, 1.82) is 0 Å². The first-order chi connectivity index (χ1) is 15.3. The maximum absolute atomic E-state index is 12.6. The van der Waals surface area contributed by atoms with Crippen LogP contribution in [0.3, 0.4) is 0 Å². The molecule has 1 unspecified atom stereocenters. The maximum atomic E-state index is 12.6. The topological polar surface area (TPSA) is 142 Å². The summed E-state index contributed by atoms with van der Waals surface area (Å²) in [5, 5.41) is 22.2. The van der Waals surface area contributed by atoms with Gasteiger partial charge in [-0.3, -0.25) is 8.93 Å². The summed E-state index contributed by atoms with van der Waals surface area (Å²) in [6, 6.07) is 11.9. The number of anilines is 3. The Morgan fingerprint density at radius 2 is 1.72 bits per heavy atom. The number of aromatic hydroxyl groups is 1. The van der Waals surface area contributed by atoms with Crippen LogP contribution in [0.1, 0.15) is 18.4 Å². The number of aromatic nitrogens is 2. The molecule has 0 fully saturated rings. The SMILES string of the molecule is CS(=O)CCCS(=O)(=O)Nc1nc2ccccc2nc1Nc1cc(O)ccc1CCCO. The van der Waals surface area contributed by atoms with Gasteiger partial charge in [-0.05, 0) is 43.0 Å². The Bertz CT molecular complexity index is 1220. The van der Waals surface area contributed by atoms with Gasteiger partial charge in [0, 0.05) is 41.2 Å². The molecule has 0 saturated heterocycles. The number of nitrogens with zero attached hydrogens (tertiary/aromatic N) is 2. The van der Waals surface area contributed by atoms with E-state index in [1.165, 1.54) is 12.3 Å². The molecule has 0 aliphatic rings. The lowest BCUT2D eigenvalue weighted by atomic mass is 10.1. The van der Waals surface area contributed by atoms with Gasteiger partial charge >= 0.3 is 0 Å². The van der Waals surface area contributed by atoms with Gasteiger partial charge in [-0.2, -0.15) is 0 Å². The number of aliphatic hydroxyl groups is 1. The summed E-state index contributed by atoms with van der Waals surface area (Å²) in [5.74, 6) is 0.324. The molecule has 2 aromatic carbocycles. The number of phenols is 1. The maximum Gasteiger partial charge on any atom is 0.234 e. The van der Waals surface area contributed by atoms with Crippen LogP contribution < -0.4 is 10.0 Å². The van der Waals surface area contributed by atoms with Crippen LogP contribution in [0.2, 0.25) is 0 Å². The molecule has 3 rings (SSSR count). The van der Waals surface area contributed by atoms with Crippen LogP contribution in [0.15, 0.2) is 42.5 Å². The zero-order valence-corrected chi connectivity index (χ0v) is 19.2. The number of aryl methyl sites for hydroxylation is 1. The van der Waals surface area contributed by atoms with Crippen LogP contribution in [-0.2, 0) is 27.2 Å². The van der Waals surface area contributed by atoms with E-state index in [-0.39, 0.29) is 41.9 Å². The molecular weight excluding hydrogens is 452 g/mol. The van der Waals surface area contributed by atoms with Gasteiger partial charge in [0.25, 0.3) is 0 Å². The molecule has 9 nitrogen and oxygen atoms in total. The van der Waals surface area contributed by atoms with Crippen LogP contribution in [0.4, 0.5) is 17.3 Å². The summed E-state index contributed by atoms with van der Waals surface area (Å²) < 4.78 is 39.0. The number of aliphatic hydroxyl groups excluding tert-OH is 1. The molecule has 32 heavy (non-hydrogen) atoms. The van der Waals surface area contributed by atoms with Crippen molar-refractivity contribution in [3.05, 3.63) is 48.0 Å². The second-order valence-electron chi connectivity index (χ2n) is 7.25. The molecule has 0 radical (unpaired) electrons. The van der Waals surface area contributed by atoms with Crippen molar-refractivity contribution in [3.63, 3.8) is 0 Å². The van der Waals surface area contributed by atoms with Crippen molar-refractivity contribution in [3.8, 4) is 5.75 Å². The molecule has 3 aromatic rings. The predicted molar refractivity (Wildman–Crippen MR) is 127 cm³/mol. The van der Waals surface area contributed by atoms with Crippen molar-refractivity contribution in [2.45, 2.75) is 19.3 Å². The van der Waals surface area contributed by atoms with Crippen LogP contribution in [-0.4, -0.2) is 57.2 Å². The van der Waals surface area contributed by atoms with E-state index in [2.05, 4.69) is 20.0 Å². The molecule has 0 spiro atoms. The Kier molecular flexibility index (Phi) is 7.99. The molecule has 1 aromatic heterocycles. The first-order valence-electron chi connectivity index (χ1n) is 10.0. The van der Waals surface area contributed by atoms with Gasteiger partial charge in [0.1, 0.15) is 5.75 Å². The molecule has 11 heteroatoms. The predicted octanol–water partition coefficient (Wildman–Crippen LogP) is 2.51. The van der Waals surface area contributed by atoms with Gasteiger partial charge in [0.15, 0.2) is 11.6 Å². The lowest BCUT2D eigenvalue weighted by Gasteiger charge is -2.16. The minimum absolute atomic E-state index is 0.0176. The second kappa shape index (κ2) is 10.7. The smallest absolute Gasteiger partial charge is 0.234 e. The Morgan fingerprint density at radius 1 is 1.03 bits per heavy atom. The minimum Gasteiger partial charge on any atom is -0.508 e. The average molecular weight is 479 g/mol. The van der Waals surface area contributed by atoms with E-state index in [1.54, 1.807) is 36.4 Å². The van der Waals surface area contributed by atoms with E-state index in [0.717, 1.165) is 5.56 Å². The molecule has 0 bridgehead atoms. The summed E-state index contributed by atoms with van der Waals surface area (Å²) in [6.45, 7) is 0.0176. The Balaban J connectivity index is 1.97. The largest absolute Gasteiger partial charge is 0.508 e. The van der Waals surface area contributed by atoms with Crippen molar-refractivity contribution in [2.75, 3.05) is 34.4 Å². The molecular formula is C21H26N4O5S2. The minimum atomic E-state index is -3.76.